The Morgan fingerprint density at radius 3 is 1.71 bits per heavy atom. The lowest BCUT2D eigenvalue weighted by atomic mass is 10.4. The number of aliphatic hydroxyl groups excluding tert-OH is 2. The van der Waals surface area contributed by atoms with E-state index in [9.17, 15) is 0 Å². The maximum absolute atomic E-state index is 8.83. The zero-order valence-corrected chi connectivity index (χ0v) is 9.01. The molecular formula is C7H12N8O2. The van der Waals surface area contributed by atoms with Crippen molar-refractivity contribution in [3.05, 3.63) is 11.6 Å². The number of aliphatic hydroxyl groups is 2. The van der Waals surface area contributed by atoms with Crippen LogP contribution in [0.25, 0.3) is 0 Å². The van der Waals surface area contributed by atoms with Gasteiger partial charge in [0.15, 0.2) is 11.6 Å². The molecule has 0 atom stereocenters. The Kier molecular flexibility index (Phi) is 3.67. The molecule has 2 heterocycles. The number of nitrogens with zero attached hydrogens (tertiary/aromatic N) is 8. The highest BCUT2D eigenvalue weighted by Gasteiger charge is 2.12. The van der Waals surface area contributed by atoms with Gasteiger partial charge in [0, 0.05) is 0 Å². The van der Waals surface area contributed by atoms with Gasteiger partial charge in [0.05, 0.1) is 32.7 Å². The van der Waals surface area contributed by atoms with Crippen LogP contribution in [0.1, 0.15) is 11.6 Å². The molecule has 0 saturated heterocycles. The van der Waals surface area contributed by atoms with Crippen LogP contribution >= 0.6 is 0 Å². The quantitative estimate of drug-likeness (QED) is 0.555. The third kappa shape index (κ3) is 2.60. The van der Waals surface area contributed by atoms with E-state index < -0.39 is 0 Å². The molecule has 0 saturated carbocycles. The molecular weight excluding hydrogens is 228 g/mol. The van der Waals surface area contributed by atoms with Gasteiger partial charge in [-0.25, -0.2) is 9.36 Å². The van der Waals surface area contributed by atoms with Crippen molar-refractivity contribution in [1.29, 1.82) is 0 Å². The van der Waals surface area contributed by atoms with E-state index in [1.54, 1.807) is 0 Å². The standard InChI is InChI=1S/C7H12N8O2/c16-3-1-14-6(8-10-12-14)5-7-9-11-13-15(7)2-4-17/h16-17H,1-5H2. The van der Waals surface area contributed by atoms with Crippen molar-refractivity contribution >= 4 is 0 Å². The highest BCUT2D eigenvalue weighted by Crippen LogP contribution is 2.01. The maximum Gasteiger partial charge on any atom is 0.158 e. The number of hydrogen-bond donors (Lipinski definition) is 2. The summed E-state index contributed by atoms with van der Waals surface area (Å²) in [6, 6.07) is 0. The molecule has 0 radical (unpaired) electrons. The summed E-state index contributed by atoms with van der Waals surface area (Å²) >= 11 is 0. The Hall–Kier alpha value is -1.94. The van der Waals surface area contributed by atoms with Crippen LogP contribution in [-0.2, 0) is 19.5 Å². The topological polar surface area (TPSA) is 128 Å². The maximum atomic E-state index is 8.83. The number of rotatable bonds is 6. The van der Waals surface area contributed by atoms with E-state index >= 15 is 0 Å². The molecule has 0 aliphatic rings. The van der Waals surface area contributed by atoms with Crippen molar-refractivity contribution in [2.75, 3.05) is 13.2 Å². The fourth-order valence-electron chi connectivity index (χ4n) is 1.38. The summed E-state index contributed by atoms with van der Waals surface area (Å²) < 4.78 is 2.97. The smallest absolute Gasteiger partial charge is 0.158 e. The largest absolute Gasteiger partial charge is 0.394 e. The predicted molar refractivity (Wildman–Crippen MR) is 52.6 cm³/mol. The lowest BCUT2D eigenvalue weighted by molar-refractivity contribution is 0.263. The Bertz CT molecular complexity index is 424. The molecule has 0 bridgehead atoms. The third-order valence-electron chi connectivity index (χ3n) is 2.15. The van der Waals surface area contributed by atoms with Crippen LogP contribution in [0.15, 0.2) is 0 Å². The summed E-state index contributed by atoms with van der Waals surface area (Å²) in [5, 5.41) is 39.8. The van der Waals surface area contributed by atoms with Gasteiger partial charge in [-0.05, 0) is 20.9 Å². The molecule has 10 heteroatoms. The Labute approximate surface area is 95.9 Å². The van der Waals surface area contributed by atoms with Crippen LogP contribution in [0, 0.1) is 0 Å². The monoisotopic (exact) mass is 240 g/mol. The minimum Gasteiger partial charge on any atom is -0.394 e. The summed E-state index contributed by atoms with van der Waals surface area (Å²) in [5.41, 5.74) is 0. The minimum atomic E-state index is -0.0420. The molecule has 0 aliphatic carbocycles. The normalized spacial score (nSPS) is 10.9. The number of aromatic nitrogens is 8. The third-order valence-corrected chi connectivity index (χ3v) is 2.15. The van der Waals surface area contributed by atoms with Gasteiger partial charge in [-0.3, -0.25) is 0 Å². The molecule has 0 fully saturated rings. The van der Waals surface area contributed by atoms with Gasteiger partial charge in [0.1, 0.15) is 0 Å². The molecule has 92 valence electrons. The van der Waals surface area contributed by atoms with Gasteiger partial charge in [-0.2, -0.15) is 0 Å². The Morgan fingerprint density at radius 1 is 0.824 bits per heavy atom. The van der Waals surface area contributed by atoms with Gasteiger partial charge in [-0.1, -0.05) is 0 Å². The fourth-order valence-corrected chi connectivity index (χ4v) is 1.38. The van der Waals surface area contributed by atoms with Gasteiger partial charge < -0.3 is 10.2 Å². The highest BCUT2D eigenvalue weighted by molar-refractivity contribution is 4.96. The van der Waals surface area contributed by atoms with Crippen molar-refractivity contribution in [1.82, 2.24) is 40.4 Å². The molecule has 0 amide bonds. The van der Waals surface area contributed by atoms with Crippen LogP contribution in [0.5, 0.6) is 0 Å². The first-order chi connectivity index (χ1) is 8.35. The van der Waals surface area contributed by atoms with E-state index in [4.69, 9.17) is 10.2 Å². The molecule has 0 unspecified atom stereocenters. The Balaban J connectivity index is 2.13. The molecule has 17 heavy (non-hydrogen) atoms. The van der Waals surface area contributed by atoms with Crippen LogP contribution in [0.4, 0.5) is 0 Å². The van der Waals surface area contributed by atoms with E-state index in [1.165, 1.54) is 9.36 Å². The zero-order chi connectivity index (χ0) is 12.1. The summed E-state index contributed by atoms with van der Waals surface area (Å²) in [6.45, 7) is 0.563. The van der Waals surface area contributed by atoms with Crippen molar-refractivity contribution in [3.8, 4) is 0 Å². The van der Waals surface area contributed by atoms with Crippen LogP contribution in [0.3, 0.4) is 0 Å². The zero-order valence-electron chi connectivity index (χ0n) is 9.01. The van der Waals surface area contributed by atoms with E-state index in [2.05, 4.69) is 31.1 Å². The molecule has 2 aromatic rings. The van der Waals surface area contributed by atoms with Crippen molar-refractivity contribution in [3.63, 3.8) is 0 Å². The SMILES string of the molecule is OCCn1nnnc1Cc1nnnn1CCO. The van der Waals surface area contributed by atoms with E-state index in [0.29, 0.717) is 31.2 Å². The molecule has 2 rings (SSSR count). The minimum absolute atomic E-state index is 0.0420. The van der Waals surface area contributed by atoms with E-state index in [-0.39, 0.29) is 13.2 Å². The number of tetrazole rings is 2. The average Bonchev–Trinajstić information content (AvgIpc) is 2.92. The number of hydrogen-bond acceptors (Lipinski definition) is 8. The molecule has 0 aliphatic heterocycles. The van der Waals surface area contributed by atoms with Crippen LogP contribution in [0.2, 0.25) is 0 Å². The first-order valence-electron chi connectivity index (χ1n) is 5.07. The highest BCUT2D eigenvalue weighted by atomic mass is 16.3. The second kappa shape index (κ2) is 5.41. The van der Waals surface area contributed by atoms with Crippen molar-refractivity contribution in [2.24, 2.45) is 0 Å². The summed E-state index contributed by atoms with van der Waals surface area (Å²) in [5.74, 6) is 1.13. The van der Waals surface area contributed by atoms with Gasteiger partial charge in [-0.15, -0.1) is 10.2 Å². The predicted octanol–water partition coefficient (Wildman–Crippen LogP) is -2.76. The first-order valence-corrected chi connectivity index (χ1v) is 5.07. The van der Waals surface area contributed by atoms with Gasteiger partial charge in [0.25, 0.3) is 0 Å². The van der Waals surface area contributed by atoms with Crippen LogP contribution < -0.4 is 0 Å². The van der Waals surface area contributed by atoms with Crippen molar-refractivity contribution in [2.45, 2.75) is 19.5 Å². The lowest BCUT2D eigenvalue weighted by Gasteiger charge is -2.02. The van der Waals surface area contributed by atoms with Gasteiger partial charge >= 0.3 is 0 Å². The van der Waals surface area contributed by atoms with E-state index in [0.717, 1.165) is 0 Å². The lowest BCUT2D eigenvalue weighted by Crippen LogP contribution is -2.13. The second-order valence-electron chi connectivity index (χ2n) is 3.26. The molecule has 10 nitrogen and oxygen atoms in total. The summed E-state index contributed by atoms with van der Waals surface area (Å²) in [7, 11) is 0. The Morgan fingerprint density at radius 2 is 1.29 bits per heavy atom. The fraction of sp³-hybridized carbons (Fsp3) is 0.714. The summed E-state index contributed by atoms with van der Waals surface area (Å²) in [6.07, 6.45) is 0.347. The van der Waals surface area contributed by atoms with Crippen molar-refractivity contribution < 1.29 is 10.2 Å². The molecule has 0 aromatic carbocycles. The van der Waals surface area contributed by atoms with Crippen LogP contribution in [-0.4, -0.2) is 63.8 Å². The van der Waals surface area contributed by atoms with E-state index in [1.807, 2.05) is 0 Å². The summed E-state index contributed by atoms with van der Waals surface area (Å²) in [4.78, 5) is 0. The average molecular weight is 240 g/mol. The first kappa shape index (κ1) is 11.5. The molecule has 2 aromatic heterocycles. The molecule has 0 spiro atoms. The van der Waals surface area contributed by atoms with Gasteiger partial charge in [0.2, 0.25) is 0 Å². The second-order valence-corrected chi connectivity index (χ2v) is 3.26. The molecule has 2 N–H and O–H groups in total.